The SMILES string of the molecule is Cc1ccc(C)c(-n2nnnc2SC(C(=O)Nc2cc(C(F)(F)F)ccc2Cl)c2ccccc2)c1. The highest BCUT2D eigenvalue weighted by atomic mass is 35.5. The summed E-state index contributed by atoms with van der Waals surface area (Å²) in [5.74, 6) is -0.571. The van der Waals surface area contributed by atoms with E-state index in [4.69, 9.17) is 11.6 Å². The summed E-state index contributed by atoms with van der Waals surface area (Å²) in [4.78, 5) is 13.4. The molecular formula is C24H19ClF3N5OS. The highest BCUT2D eigenvalue weighted by Gasteiger charge is 2.32. The van der Waals surface area contributed by atoms with E-state index in [-0.39, 0.29) is 10.7 Å². The van der Waals surface area contributed by atoms with Gasteiger partial charge in [-0.25, -0.2) is 0 Å². The van der Waals surface area contributed by atoms with Crippen molar-refractivity contribution < 1.29 is 18.0 Å². The van der Waals surface area contributed by atoms with Gasteiger partial charge in [0.15, 0.2) is 0 Å². The second kappa shape index (κ2) is 10.1. The van der Waals surface area contributed by atoms with E-state index in [0.29, 0.717) is 10.7 Å². The van der Waals surface area contributed by atoms with E-state index in [0.717, 1.165) is 46.8 Å². The Morgan fingerprint density at radius 3 is 2.51 bits per heavy atom. The van der Waals surface area contributed by atoms with Crippen molar-refractivity contribution in [3.8, 4) is 5.69 Å². The van der Waals surface area contributed by atoms with Gasteiger partial charge in [-0.3, -0.25) is 4.79 Å². The van der Waals surface area contributed by atoms with Crippen LogP contribution < -0.4 is 5.32 Å². The molecule has 3 aromatic carbocycles. The van der Waals surface area contributed by atoms with Crippen LogP contribution in [-0.2, 0) is 11.0 Å². The number of hydrogen-bond acceptors (Lipinski definition) is 5. The zero-order chi connectivity index (χ0) is 25.2. The van der Waals surface area contributed by atoms with Crippen molar-refractivity contribution in [1.29, 1.82) is 0 Å². The first-order chi connectivity index (χ1) is 16.6. The van der Waals surface area contributed by atoms with Gasteiger partial charge in [0.05, 0.1) is 22.0 Å². The number of hydrogen-bond donors (Lipinski definition) is 1. The van der Waals surface area contributed by atoms with Gasteiger partial charge < -0.3 is 5.32 Å². The molecule has 1 N–H and O–H groups in total. The van der Waals surface area contributed by atoms with E-state index < -0.39 is 22.9 Å². The van der Waals surface area contributed by atoms with Crippen molar-refractivity contribution in [3.05, 3.63) is 94.0 Å². The number of halogens is 4. The summed E-state index contributed by atoms with van der Waals surface area (Å²) in [7, 11) is 0. The number of aromatic nitrogens is 4. The van der Waals surface area contributed by atoms with Crippen LogP contribution in [0.25, 0.3) is 5.69 Å². The molecule has 0 saturated carbocycles. The molecule has 4 rings (SSSR count). The van der Waals surface area contributed by atoms with Crippen molar-refractivity contribution in [2.24, 2.45) is 0 Å². The zero-order valence-corrected chi connectivity index (χ0v) is 20.1. The first-order valence-electron chi connectivity index (χ1n) is 10.4. The van der Waals surface area contributed by atoms with Gasteiger partial charge in [0, 0.05) is 0 Å². The summed E-state index contributed by atoms with van der Waals surface area (Å²) < 4.78 is 41.1. The molecule has 0 fully saturated rings. The second-order valence-electron chi connectivity index (χ2n) is 7.75. The van der Waals surface area contributed by atoms with Crippen LogP contribution in [0.3, 0.4) is 0 Å². The molecule has 180 valence electrons. The van der Waals surface area contributed by atoms with Crippen molar-refractivity contribution >= 4 is 35.0 Å². The summed E-state index contributed by atoms with van der Waals surface area (Å²) in [5, 5.41) is 14.0. The first-order valence-corrected chi connectivity index (χ1v) is 11.6. The van der Waals surface area contributed by atoms with Gasteiger partial charge in [-0.1, -0.05) is 65.8 Å². The molecule has 0 saturated heterocycles. The number of carbonyl (C=O) groups is 1. The Balaban J connectivity index is 1.69. The Hall–Kier alpha value is -3.37. The standard InChI is InChI=1S/C24H19ClF3N5OS/c1-14-8-9-15(2)20(12-14)33-23(30-31-32-33)35-21(16-6-4-3-5-7-16)22(34)29-19-13-17(24(26,27)28)10-11-18(19)25/h3-13,21H,1-2H3,(H,29,34). The van der Waals surface area contributed by atoms with Gasteiger partial charge >= 0.3 is 6.18 Å². The Morgan fingerprint density at radius 2 is 1.80 bits per heavy atom. The Kier molecular flexibility index (Phi) is 7.13. The summed E-state index contributed by atoms with van der Waals surface area (Å²) in [5.41, 5.74) is 2.26. The lowest BCUT2D eigenvalue weighted by atomic mass is 10.1. The quantitative estimate of drug-likeness (QED) is 0.299. The molecule has 4 aromatic rings. The van der Waals surface area contributed by atoms with Crippen LogP contribution in [0.2, 0.25) is 5.02 Å². The zero-order valence-electron chi connectivity index (χ0n) is 18.5. The predicted molar refractivity (Wildman–Crippen MR) is 129 cm³/mol. The maximum atomic E-state index is 13.4. The summed E-state index contributed by atoms with van der Waals surface area (Å²) in [6.07, 6.45) is -4.58. The van der Waals surface area contributed by atoms with Crippen molar-refractivity contribution in [2.75, 3.05) is 5.32 Å². The van der Waals surface area contributed by atoms with Crippen molar-refractivity contribution in [2.45, 2.75) is 30.4 Å². The third-order valence-electron chi connectivity index (χ3n) is 5.15. The Labute approximate surface area is 208 Å². The molecule has 0 radical (unpaired) electrons. The number of anilines is 1. The number of thioether (sulfide) groups is 1. The summed E-state index contributed by atoms with van der Waals surface area (Å²) >= 11 is 7.17. The molecule has 0 aliphatic carbocycles. The molecule has 1 amide bonds. The summed E-state index contributed by atoms with van der Waals surface area (Å²) in [6, 6.07) is 17.4. The number of rotatable bonds is 6. The number of carbonyl (C=O) groups excluding carboxylic acids is 1. The van der Waals surface area contributed by atoms with Crippen LogP contribution in [0.1, 0.15) is 27.5 Å². The largest absolute Gasteiger partial charge is 0.416 e. The van der Waals surface area contributed by atoms with Gasteiger partial charge in [-0.15, -0.1) is 5.10 Å². The molecule has 1 aromatic heterocycles. The Bertz CT molecular complexity index is 1360. The highest BCUT2D eigenvalue weighted by Crippen LogP contribution is 2.38. The van der Waals surface area contributed by atoms with E-state index >= 15 is 0 Å². The lowest BCUT2D eigenvalue weighted by Gasteiger charge is -2.18. The second-order valence-corrected chi connectivity index (χ2v) is 9.23. The third-order valence-corrected chi connectivity index (χ3v) is 6.67. The van der Waals surface area contributed by atoms with Gasteiger partial charge in [0.1, 0.15) is 5.25 Å². The highest BCUT2D eigenvalue weighted by molar-refractivity contribution is 8.00. The number of benzene rings is 3. The van der Waals surface area contributed by atoms with Crippen LogP contribution in [0.15, 0.2) is 71.9 Å². The molecule has 6 nitrogen and oxygen atoms in total. The first kappa shape index (κ1) is 24.7. The van der Waals surface area contributed by atoms with Crippen molar-refractivity contribution in [3.63, 3.8) is 0 Å². The van der Waals surface area contributed by atoms with E-state index in [1.807, 2.05) is 32.0 Å². The lowest BCUT2D eigenvalue weighted by Crippen LogP contribution is -2.20. The maximum Gasteiger partial charge on any atom is 0.416 e. The predicted octanol–water partition coefficient (Wildman–Crippen LogP) is 6.42. The molecule has 0 bridgehead atoms. The molecule has 1 heterocycles. The average Bonchev–Trinajstić information content (AvgIpc) is 3.28. The molecule has 0 spiro atoms. The minimum Gasteiger partial charge on any atom is -0.323 e. The van der Waals surface area contributed by atoms with Gasteiger partial charge in [0.2, 0.25) is 11.1 Å². The fourth-order valence-electron chi connectivity index (χ4n) is 3.35. The number of tetrazole rings is 1. The lowest BCUT2D eigenvalue weighted by molar-refractivity contribution is -0.137. The topological polar surface area (TPSA) is 72.7 Å². The minimum atomic E-state index is -4.58. The fourth-order valence-corrected chi connectivity index (χ4v) is 4.51. The number of alkyl halides is 3. The summed E-state index contributed by atoms with van der Waals surface area (Å²) in [6.45, 7) is 3.86. The van der Waals surface area contributed by atoms with E-state index in [1.165, 1.54) is 4.68 Å². The van der Waals surface area contributed by atoms with Gasteiger partial charge in [-0.2, -0.15) is 17.9 Å². The van der Waals surface area contributed by atoms with Crippen LogP contribution in [0.4, 0.5) is 18.9 Å². The normalized spacial score (nSPS) is 12.4. The van der Waals surface area contributed by atoms with Crippen LogP contribution in [0, 0.1) is 13.8 Å². The van der Waals surface area contributed by atoms with Crippen LogP contribution in [-0.4, -0.2) is 26.1 Å². The average molecular weight is 518 g/mol. The number of nitrogens with zero attached hydrogens (tertiary/aromatic N) is 4. The number of aryl methyl sites for hydroxylation is 2. The molecule has 0 aliphatic rings. The van der Waals surface area contributed by atoms with E-state index in [2.05, 4.69) is 20.8 Å². The number of amides is 1. The molecule has 1 unspecified atom stereocenters. The number of nitrogens with one attached hydrogen (secondary N) is 1. The molecule has 11 heteroatoms. The van der Waals surface area contributed by atoms with Gasteiger partial charge in [0.25, 0.3) is 0 Å². The van der Waals surface area contributed by atoms with E-state index in [1.54, 1.807) is 30.3 Å². The molecular weight excluding hydrogens is 499 g/mol. The maximum absolute atomic E-state index is 13.4. The molecule has 0 aliphatic heterocycles. The minimum absolute atomic E-state index is 0.0108. The smallest absolute Gasteiger partial charge is 0.323 e. The monoisotopic (exact) mass is 517 g/mol. The van der Waals surface area contributed by atoms with E-state index in [9.17, 15) is 18.0 Å². The van der Waals surface area contributed by atoms with Crippen LogP contribution >= 0.6 is 23.4 Å². The van der Waals surface area contributed by atoms with Crippen molar-refractivity contribution in [1.82, 2.24) is 20.2 Å². The molecule has 35 heavy (non-hydrogen) atoms. The third kappa shape index (κ3) is 5.66. The van der Waals surface area contributed by atoms with Gasteiger partial charge in [-0.05, 0) is 65.2 Å². The van der Waals surface area contributed by atoms with Crippen LogP contribution in [0.5, 0.6) is 0 Å². The Morgan fingerprint density at radius 1 is 1.06 bits per heavy atom. The fraction of sp³-hybridized carbons (Fsp3) is 0.167. The molecule has 1 atom stereocenters.